The monoisotopic (exact) mass is 238 g/mol. The zero-order valence-electron chi connectivity index (χ0n) is 9.98. The van der Waals surface area contributed by atoms with Crippen molar-refractivity contribution in [2.45, 2.75) is 13.0 Å². The van der Waals surface area contributed by atoms with Crippen LogP contribution in [-0.2, 0) is 4.74 Å². The number of rotatable bonds is 4. The molecule has 6 nitrogen and oxygen atoms in total. The molecule has 0 saturated carbocycles. The lowest BCUT2D eigenvalue weighted by Gasteiger charge is -2.33. The Hall–Kier alpha value is -1.40. The van der Waals surface area contributed by atoms with Gasteiger partial charge in [-0.2, -0.15) is 5.10 Å². The van der Waals surface area contributed by atoms with E-state index < -0.39 is 0 Å². The van der Waals surface area contributed by atoms with Crippen LogP contribution in [0.25, 0.3) is 0 Å². The third-order valence-corrected chi connectivity index (χ3v) is 2.95. The molecule has 2 N–H and O–H groups in total. The Morgan fingerprint density at radius 2 is 2.65 bits per heavy atom. The minimum Gasteiger partial charge on any atom is -0.379 e. The average Bonchev–Trinajstić information content (AvgIpc) is 2.85. The number of morpholine rings is 1. The number of amides is 1. The summed E-state index contributed by atoms with van der Waals surface area (Å²) in [5, 5.41) is 9.23. The van der Waals surface area contributed by atoms with Gasteiger partial charge in [0.15, 0.2) is 0 Å². The predicted octanol–water partition coefficient (Wildman–Crippen LogP) is -0.140. The highest BCUT2D eigenvalue weighted by molar-refractivity contribution is 5.93. The average molecular weight is 238 g/mol. The zero-order chi connectivity index (χ0) is 12.1. The second-order valence-corrected chi connectivity index (χ2v) is 4.20. The van der Waals surface area contributed by atoms with Crippen LogP contribution >= 0.6 is 0 Å². The van der Waals surface area contributed by atoms with E-state index in [4.69, 9.17) is 4.74 Å². The first-order valence-electron chi connectivity index (χ1n) is 5.86. The van der Waals surface area contributed by atoms with Crippen LogP contribution in [-0.4, -0.2) is 59.9 Å². The number of aromatic nitrogens is 2. The number of hydrogen-bond donors (Lipinski definition) is 2. The van der Waals surface area contributed by atoms with Crippen LogP contribution in [0.4, 0.5) is 0 Å². The summed E-state index contributed by atoms with van der Waals surface area (Å²) in [7, 11) is 0. The highest BCUT2D eigenvalue weighted by atomic mass is 16.5. The predicted molar refractivity (Wildman–Crippen MR) is 62.8 cm³/mol. The molecule has 1 fully saturated rings. The van der Waals surface area contributed by atoms with Crippen molar-refractivity contribution in [3.05, 3.63) is 18.0 Å². The van der Waals surface area contributed by atoms with Gasteiger partial charge in [0.05, 0.1) is 25.0 Å². The number of nitrogens with zero attached hydrogens (tertiary/aromatic N) is 2. The molecule has 17 heavy (non-hydrogen) atoms. The van der Waals surface area contributed by atoms with E-state index in [1.807, 2.05) is 0 Å². The maximum atomic E-state index is 11.6. The van der Waals surface area contributed by atoms with E-state index >= 15 is 0 Å². The van der Waals surface area contributed by atoms with Crippen molar-refractivity contribution < 1.29 is 9.53 Å². The number of carbonyl (C=O) groups excluding carboxylic acids is 1. The summed E-state index contributed by atoms with van der Waals surface area (Å²) in [6, 6.07) is 0.426. The summed E-state index contributed by atoms with van der Waals surface area (Å²) in [6.45, 7) is 6.12. The molecule has 1 amide bonds. The summed E-state index contributed by atoms with van der Waals surface area (Å²) >= 11 is 0. The van der Waals surface area contributed by atoms with Gasteiger partial charge < -0.3 is 10.1 Å². The summed E-state index contributed by atoms with van der Waals surface area (Å²) in [5.74, 6) is -0.0836. The SMILES string of the molecule is CC1COCCN1CCNC(=O)c1cn[nH]c1. The van der Waals surface area contributed by atoms with E-state index in [-0.39, 0.29) is 5.91 Å². The Morgan fingerprint density at radius 1 is 1.76 bits per heavy atom. The summed E-state index contributed by atoms with van der Waals surface area (Å²) in [6.07, 6.45) is 3.11. The van der Waals surface area contributed by atoms with Crippen molar-refractivity contribution in [1.82, 2.24) is 20.4 Å². The van der Waals surface area contributed by atoms with Crippen LogP contribution in [0, 0.1) is 0 Å². The molecule has 2 heterocycles. The summed E-state index contributed by atoms with van der Waals surface area (Å²) in [5.41, 5.74) is 0.569. The third-order valence-electron chi connectivity index (χ3n) is 2.95. The van der Waals surface area contributed by atoms with Crippen LogP contribution in [0.15, 0.2) is 12.4 Å². The first-order chi connectivity index (χ1) is 8.27. The topological polar surface area (TPSA) is 70.2 Å². The molecule has 1 aromatic rings. The molecule has 6 heteroatoms. The maximum Gasteiger partial charge on any atom is 0.254 e. The second-order valence-electron chi connectivity index (χ2n) is 4.20. The van der Waals surface area contributed by atoms with Crippen LogP contribution in [0.2, 0.25) is 0 Å². The lowest BCUT2D eigenvalue weighted by molar-refractivity contribution is 0.000540. The highest BCUT2D eigenvalue weighted by Gasteiger charge is 2.18. The number of hydrogen-bond acceptors (Lipinski definition) is 4. The molecule has 0 bridgehead atoms. The van der Waals surface area contributed by atoms with Crippen molar-refractivity contribution in [2.75, 3.05) is 32.8 Å². The van der Waals surface area contributed by atoms with E-state index in [0.29, 0.717) is 18.2 Å². The molecule has 1 aliphatic rings. The van der Waals surface area contributed by atoms with E-state index in [1.165, 1.54) is 6.20 Å². The van der Waals surface area contributed by atoms with Crippen molar-refractivity contribution >= 4 is 5.91 Å². The van der Waals surface area contributed by atoms with Crippen molar-refractivity contribution in [1.29, 1.82) is 0 Å². The van der Waals surface area contributed by atoms with Crippen LogP contribution < -0.4 is 5.32 Å². The van der Waals surface area contributed by atoms with Gasteiger partial charge in [-0.3, -0.25) is 14.8 Å². The van der Waals surface area contributed by atoms with Gasteiger partial charge in [0.25, 0.3) is 5.91 Å². The molecular weight excluding hydrogens is 220 g/mol. The van der Waals surface area contributed by atoms with Crippen molar-refractivity contribution in [3.8, 4) is 0 Å². The normalized spacial score (nSPS) is 21.4. The molecule has 2 rings (SSSR count). The van der Waals surface area contributed by atoms with Crippen molar-refractivity contribution in [3.63, 3.8) is 0 Å². The first-order valence-corrected chi connectivity index (χ1v) is 5.86. The van der Waals surface area contributed by atoms with Crippen LogP contribution in [0.5, 0.6) is 0 Å². The van der Waals surface area contributed by atoms with E-state index in [1.54, 1.807) is 6.20 Å². The Bertz CT molecular complexity index is 352. The van der Waals surface area contributed by atoms with Gasteiger partial charge in [-0.15, -0.1) is 0 Å². The van der Waals surface area contributed by atoms with Crippen LogP contribution in [0.3, 0.4) is 0 Å². The number of aromatic amines is 1. The number of nitrogens with one attached hydrogen (secondary N) is 2. The summed E-state index contributed by atoms with van der Waals surface area (Å²) in [4.78, 5) is 13.9. The molecular formula is C11H18N4O2. The minimum absolute atomic E-state index is 0.0836. The second kappa shape index (κ2) is 5.79. The Balaban J connectivity index is 1.70. The Labute approximate surface area is 100 Å². The lowest BCUT2D eigenvalue weighted by atomic mass is 10.2. The zero-order valence-corrected chi connectivity index (χ0v) is 9.98. The van der Waals surface area contributed by atoms with E-state index in [0.717, 1.165) is 26.3 Å². The van der Waals surface area contributed by atoms with Gasteiger partial charge in [0.1, 0.15) is 0 Å². The van der Waals surface area contributed by atoms with E-state index in [2.05, 4.69) is 27.3 Å². The Kier molecular flexibility index (Phi) is 4.11. The van der Waals surface area contributed by atoms with Gasteiger partial charge in [-0.05, 0) is 6.92 Å². The van der Waals surface area contributed by atoms with E-state index in [9.17, 15) is 4.79 Å². The summed E-state index contributed by atoms with van der Waals surface area (Å²) < 4.78 is 5.36. The molecule has 1 saturated heterocycles. The fourth-order valence-corrected chi connectivity index (χ4v) is 1.88. The van der Waals surface area contributed by atoms with Gasteiger partial charge in [-0.25, -0.2) is 0 Å². The van der Waals surface area contributed by atoms with Crippen molar-refractivity contribution in [2.24, 2.45) is 0 Å². The lowest BCUT2D eigenvalue weighted by Crippen LogP contribution is -2.46. The molecule has 0 aliphatic carbocycles. The fourth-order valence-electron chi connectivity index (χ4n) is 1.88. The highest BCUT2D eigenvalue weighted by Crippen LogP contribution is 2.04. The van der Waals surface area contributed by atoms with Gasteiger partial charge >= 0.3 is 0 Å². The number of H-pyrrole nitrogens is 1. The molecule has 1 aliphatic heterocycles. The molecule has 0 aromatic carbocycles. The molecule has 0 radical (unpaired) electrons. The number of carbonyl (C=O) groups is 1. The Morgan fingerprint density at radius 3 is 3.35 bits per heavy atom. The largest absolute Gasteiger partial charge is 0.379 e. The minimum atomic E-state index is -0.0836. The maximum absolute atomic E-state index is 11.6. The quantitative estimate of drug-likeness (QED) is 0.766. The number of ether oxygens (including phenoxy) is 1. The van der Waals surface area contributed by atoms with Gasteiger partial charge in [-0.1, -0.05) is 0 Å². The smallest absolute Gasteiger partial charge is 0.254 e. The van der Waals surface area contributed by atoms with Gasteiger partial charge in [0, 0.05) is 31.9 Å². The molecule has 94 valence electrons. The third kappa shape index (κ3) is 3.28. The molecule has 1 atom stereocenters. The molecule has 1 aromatic heterocycles. The van der Waals surface area contributed by atoms with Crippen LogP contribution in [0.1, 0.15) is 17.3 Å². The fraction of sp³-hybridized carbons (Fsp3) is 0.636. The molecule has 1 unspecified atom stereocenters. The standard InChI is InChI=1S/C11H18N4O2/c1-9-8-17-5-4-15(9)3-2-12-11(16)10-6-13-14-7-10/h6-7,9H,2-5,8H2,1H3,(H,12,16)(H,13,14). The first kappa shape index (κ1) is 12.1. The van der Waals surface area contributed by atoms with Gasteiger partial charge in [0.2, 0.25) is 0 Å². The molecule has 0 spiro atoms.